The van der Waals surface area contributed by atoms with Gasteiger partial charge in [0, 0.05) is 6.42 Å². The quantitative estimate of drug-likeness (QED) is 0.327. The van der Waals surface area contributed by atoms with Crippen LogP contribution in [0.1, 0.15) is 85.5 Å². The molecule has 2 unspecified atom stereocenters. The van der Waals surface area contributed by atoms with Crippen LogP contribution in [0.2, 0.25) is 0 Å². The van der Waals surface area contributed by atoms with Gasteiger partial charge in [0.15, 0.2) is 0 Å². The summed E-state index contributed by atoms with van der Waals surface area (Å²) in [5.41, 5.74) is 0. The van der Waals surface area contributed by atoms with Gasteiger partial charge in [0.1, 0.15) is 12.2 Å². The highest BCUT2D eigenvalue weighted by Crippen LogP contribution is 2.24. The predicted octanol–water partition coefficient (Wildman–Crippen LogP) is 5.87. The zero-order valence-electron chi connectivity index (χ0n) is 17.5. The first-order valence-electron chi connectivity index (χ1n) is 10.5. The Morgan fingerprint density at radius 2 is 1.33 bits per heavy atom. The van der Waals surface area contributed by atoms with Gasteiger partial charge in [-0.25, -0.2) is 9.59 Å². The average molecular weight is 387 g/mol. The molecule has 0 bridgehead atoms. The zero-order chi connectivity index (χ0) is 20.1. The number of hydrogen-bond donors (Lipinski definition) is 0. The molecule has 0 aromatic carbocycles. The molecule has 1 saturated carbocycles. The van der Waals surface area contributed by atoms with Gasteiger partial charge in [0.05, 0.1) is 13.2 Å². The molecule has 0 radical (unpaired) electrons. The third kappa shape index (κ3) is 12.5. The molecule has 6 heteroatoms. The summed E-state index contributed by atoms with van der Waals surface area (Å²) in [5.74, 6) is 1.19. The summed E-state index contributed by atoms with van der Waals surface area (Å²) in [4.78, 5) is 23.5. The highest BCUT2D eigenvalue weighted by molar-refractivity contribution is 5.60. The molecule has 27 heavy (non-hydrogen) atoms. The van der Waals surface area contributed by atoms with E-state index in [1.54, 1.807) is 0 Å². The second kappa shape index (κ2) is 13.7. The molecular formula is C21H38O6. The molecule has 0 aliphatic heterocycles. The minimum absolute atomic E-state index is 0.263. The molecule has 0 saturated heterocycles. The summed E-state index contributed by atoms with van der Waals surface area (Å²) in [6.45, 7) is 9.32. The number of hydrogen-bond acceptors (Lipinski definition) is 6. The molecular weight excluding hydrogens is 348 g/mol. The SMILES string of the molecule is CC(C)CCCCCOC(=O)OC1CCCC(OC(=O)OCCC(C)C)C1. The van der Waals surface area contributed by atoms with Gasteiger partial charge in [-0.2, -0.15) is 0 Å². The van der Waals surface area contributed by atoms with E-state index in [-0.39, 0.29) is 12.2 Å². The Labute approximate surface area is 164 Å². The van der Waals surface area contributed by atoms with Crippen LogP contribution < -0.4 is 0 Å². The molecule has 158 valence electrons. The molecule has 0 aromatic rings. The first kappa shape index (κ1) is 23.6. The van der Waals surface area contributed by atoms with Crippen molar-refractivity contribution in [2.45, 2.75) is 97.7 Å². The van der Waals surface area contributed by atoms with Crippen LogP contribution in [0.5, 0.6) is 0 Å². The number of carbonyl (C=O) groups is 2. The normalized spacial score (nSPS) is 19.8. The summed E-state index contributed by atoms with van der Waals surface area (Å²) in [5, 5.41) is 0. The standard InChI is InChI=1S/C21H38O6/c1-16(2)9-6-5-7-13-24-20(22)26-18-10-8-11-19(15-18)27-21(23)25-14-12-17(3)4/h16-19H,5-15H2,1-4H3. The van der Waals surface area contributed by atoms with Crippen molar-refractivity contribution in [3.05, 3.63) is 0 Å². The highest BCUT2D eigenvalue weighted by Gasteiger charge is 2.28. The van der Waals surface area contributed by atoms with Gasteiger partial charge in [-0.15, -0.1) is 0 Å². The van der Waals surface area contributed by atoms with Crippen molar-refractivity contribution in [2.24, 2.45) is 11.8 Å². The van der Waals surface area contributed by atoms with Gasteiger partial charge in [-0.05, 0) is 43.9 Å². The minimum atomic E-state index is -0.634. The molecule has 1 fully saturated rings. The number of ether oxygens (including phenoxy) is 4. The highest BCUT2D eigenvalue weighted by atomic mass is 16.7. The summed E-state index contributed by atoms with van der Waals surface area (Å²) in [6.07, 6.45) is 6.20. The molecule has 0 spiro atoms. The van der Waals surface area contributed by atoms with Crippen LogP contribution >= 0.6 is 0 Å². The van der Waals surface area contributed by atoms with E-state index in [4.69, 9.17) is 18.9 Å². The van der Waals surface area contributed by atoms with Crippen molar-refractivity contribution in [1.82, 2.24) is 0 Å². The molecule has 1 aliphatic rings. The zero-order valence-corrected chi connectivity index (χ0v) is 17.5. The molecule has 1 rings (SSSR count). The molecule has 2 atom stereocenters. The fourth-order valence-corrected chi connectivity index (χ4v) is 3.02. The van der Waals surface area contributed by atoms with E-state index in [1.807, 2.05) is 0 Å². The Hall–Kier alpha value is -1.46. The van der Waals surface area contributed by atoms with Crippen LogP contribution in [0.3, 0.4) is 0 Å². The Balaban J connectivity index is 2.14. The Morgan fingerprint density at radius 1 is 0.778 bits per heavy atom. The van der Waals surface area contributed by atoms with Crippen molar-refractivity contribution in [3.8, 4) is 0 Å². The van der Waals surface area contributed by atoms with E-state index >= 15 is 0 Å². The third-order valence-corrected chi connectivity index (χ3v) is 4.66. The second-order valence-corrected chi connectivity index (χ2v) is 8.27. The largest absolute Gasteiger partial charge is 0.508 e. The fraction of sp³-hybridized carbons (Fsp3) is 0.905. The monoisotopic (exact) mass is 386 g/mol. The molecule has 6 nitrogen and oxygen atoms in total. The molecule has 0 amide bonds. The lowest BCUT2D eigenvalue weighted by Gasteiger charge is -2.28. The topological polar surface area (TPSA) is 71.1 Å². The average Bonchev–Trinajstić information content (AvgIpc) is 2.57. The van der Waals surface area contributed by atoms with Crippen molar-refractivity contribution >= 4 is 12.3 Å². The maximum atomic E-state index is 11.8. The molecule has 1 aliphatic carbocycles. The van der Waals surface area contributed by atoms with Gasteiger partial charge in [-0.1, -0.05) is 47.0 Å². The third-order valence-electron chi connectivity index (χ3n) is 4.66. The summed E-state index contributed by atoms with van der Waals surface area (Å²) < 4.78 is 20.9. The van der Waals surface area contributed by atoms with Gasteiger partial charge in [-0.3, -0.25) is 0 Å². The van der Waals surface area contributed by atoms with E-state index in [2.05, 4.69) is 27.7 Å². The van der Waals surface area contributed by atoms with Crippen molar-refractivity contribution in [1.29, 1.82) is 0 Å². The van der Waals surface area contributed by atoms with Gasteiger partial charge in [0.25, 0.3) is 0 Å². The molecule has 0 aromatic heterocycles. The van der Waals surface area contributed by atoms with Gasteiger partial charge in [0.2, 0.25) is 0 Å². The van der Waals surface area contributed by atoms with E-state index in [0.29, 0.717) is 31.5 Å². The molecule has 0 N–H and O–H groups in total. The lowest BCUT2D eigenvalue weighted by molar-refractivity contribution is -0.0353. The smallest absolute Gasteiger partial charge is 0.434 e. The van der Waals surface area contributed by atoms with Crippen molar-refractivity contribution in [3.63, 3.8) is 0 Å². The van der Waals surface area contributed by atoms with E-state index < -0.39 is 12.3 Å². The van der Waals surface area contributed by atoms with Crippen molar-refractivity contribution < 1.29 is 28.5 Å². The number of carbonyl (C=O) groups excluding carboxylic acids is 2. The van der Waals surface area contributed by atoms with Crippen LogP contribution in [0.25, 0.3) is 0 Å². The van der Waals surface area contributed by atoms with E-state index in [1.165, 1.54) is 6.42 Å². The summed E-state index contributed by atoms with van der Waals surface area (Å²) in [6, 6.07) is 0. The summed E-state index contributed by atoms with van der Waals surface area (Å²) >= 11 is 0. The Morgan fingerprint density at radius 3 is 1.89 bits per heavy atom. The first-order chi connectivity index (χ1) is 12.9. The summed E-state index contributed by atoms with van der Waals surface area (Å²) in [7, 11) is 0. The minimum Gasteiger partial charge on any atom is -0.434 e. The maximum absolute atomic E-state index is 11.8. The van der Waals surface area contributed by atoms with Crippen LogP contribution in [-0.4, -0.2) is 37.7 Å². The van der Waals surface area contributed by atoms with Crippen LogP contribution in [0.15, 0.2) is 0 Å². The Bertz CT molecular complexity index is 421. The fourth-order valence-electron chi connectivity index (χ4n) is 3.02. The van der Waals surface area contributed by atoms with E-state index in [9.17, 15) is 9.59 Å². The van der Waals surface area contributed by atoms with Crippen LogP contribution in [0.4, 0.5) is 9.59 Å². The second-order valence-electron chi connectivity index (χ2n) is 8.27. The number of rotatable bonds is 11. The predicted molar refractivity (Wildman–Crippen MR) is 104 cm³/mol. The van der Waals surface area contributed by atoms with Crippen LogP contribution in [-0.2, 0) is 18.9 Å². The van der Waals surface area contributed by atoms with Crippen molar-refractivity contribution in [2.75, 3.05) is 13.2 Å². The number of unbranched alkanes of at least 4 members (excludes halogenated alkanes) is 2. The van der Waals surface area contributed by atoms with Gasteiger partial charge >= 0.3 is 12.3 Å². The van der Waals surface area contributed by atoms with Crippen LogP contribution in [0, 0.1) is 11.8 Å². The lowest BCUT2D eigenvalue weighted by atomic mass is 9.95. The lowest BCUT2D eigenvalue weighted by Crippen LogP contribution is -2.32. The maximum Gasteiger partial charge on any atom is 0.508 e. The first-order valence-corrected chi connectivity index (χ1v) is 10.5. The van der Waals surface area contributed by atoms with Gasteiger partial charge < -0.3 is 18.9 Å². The van der Waals surface area contributed by atoms with E-state index in [0.717, 1.165) is 44.9 Å². The Kier molecular flexibility index (Phi) is 11.9. The molecule has 0 heterocycles.